The summed E-state index contributed by atoms with van der Waals surface area (Å²) in [5, 5.41) is 10.2. The van der Waals surface area contributed by atoms with E-state index in [1.807, 2.05) is 6.07 Å². The molecule has 0 unspecified atom stereocenters. The fourth-order valence-electron chi connectivity index (χ4n) is 2.22. The average molecular weight is 336 g/mol. The summed E-state index contributed by atoms with van der Waals surface area (Å²) < 4.78 is 7.03. The van der Waals surface area contributed by atoms with E-state index in [4.69, 9.17) is 21.4 Å². The molecule has 5 nitrogen and oxygen atoms in total. The number of hydrogen-bond donors (Lipinski definition) is 1. The minimum atomic E-state index is -1.06. The van der Waals surface area contributed by atoms with Crippen LogP contribution >= 0.6 is 11.6 Å². The van der Waals surface area contributed by atoms with Crippen molar-refractivity contribution >= 4 is 40.5 Å². The van der Waals surface area contributed by atoms with Crippen LogP contribution in [0.15, 0.2) is 30.3 Å². The minimum Gasteiger partial charge on any atom is -0.478 e. The van der Waals surface area contributed by atoms with Crippen molar-refractivity contribution in [2.24, 2.45) is 0 Å². The maximum absolute atomic E-state index is 12.1. The highest BCUT2D eigenvalue weighted by Gasteiger charge is 2.18. The molecule has 0 bridgehead atoms. The number of carbonyl (C=O) groups excluding carboxylic acids is 1. The zero-order valence-electron chi connectivity index (χ0n) is 13.2. The number of benzene rings is 1. The van der Waals surface area contributed by atoms with Crippen LogP contribution in [-0.4, -0.2) is 27.2 Å². The van der Waals surface area contributed by atoms with E-state index in [1.54, 1.807) is 43.5 Å². The largest absolute Gasteiger partial charge is 0.478 e. The van der Waals surface area contributed by atoms with Crippen LogP contribution < -0.4 is 0 Å². The normalized spacial score (nSPS) is 12.0. The number of fused-ring (bicyclic) bond motifs is 1. The first-order chi connectivity index (χ1) is 10.7. The Hall–Kier alpha value is -2.27. The number of carbonyl (C=O) groups is 2. The molecule has 0 amide bonds. The summed E-state index contributed by atoms with van der Waals surface area (Å²) in [4.78, 5) is 22.9. The maximum Gasteiger partial charge on any atom is 0.328 e. The van der Waals surface area contributed by atoms with Crippen LogP contribution in [0.5, 0.6) is 0 Å². The molecule has 1 heterocycles. The van der Waals surface area contributed by atoms with Crippen LogP contribution in [-0.2, 0) is 20.9 Å². The van der Waals surface area contributed by atoms with Crippen molar-refractivity contribution in [2.75, 3.05) is 0 Å². The molecular formula is C17H18ClNO4. The van der Waals surface area contributed by atoms with Crippen molar-refractivity contribution in [3.05, 3.63) is 41.1 Å². The Kier molecular flexibility index (Phi) is 4.80. The molecule has 1 aromatic heterocycles. The van der Waals surface area contributed by atoms with Gasteiger partial charge in [0.1, 0.15) is 12.1 Å². The Labute approximate surface area is 139 Å². The van der Waals surface area contributed by atoms with Gasteiger partial charge >= 0.3 is 11.9 Å². The van der Waals surface area contributed by atoms with Crippen molar-refractivity contribution in [1.29, 1.82) is 0 Å². The molecule has 0 aliphatic rings. The molecule has 0 fully saturated rings. The Morgan fingerprint density at radius 1 is 1.30 bits per heavy atom. The van der Waals surface area contributed by atoms with E-state index < -0.39 is 17.5 Å². The van der Waals surface area contributed by atoms with Crippen molar-refractivity contribution in [3.8, 4) is 0 Å². The van der Waals surface area contributed by atoms with E-state index >= 15 is 0 Å². The fourth-order valence-corrected chi connectivity index (χ4v) is 2.39. The second kappa shape index (κ2) is 6.46. The molecule has 2 aromatic rings. The molecule has 23 heavy (non-hydrogen) atoms. The van der Waals surface area contributed by atoms with E-state index in [2.05, 4.69) is 0 Å². The molecule has 0 saturated heterocycles. The Balaban J connectivity index is 2.45. The van der Waals surface area contributed by atoms with Crippen LogP contribution in [0.3, 0.4) is 0 Å². The number of halogens is 1. The molecule has 0 radical (unpaired) electrons. The second-order valence-corrected chi connectivity index (χ2v) is 6.55. The van der Waals surface area contributed by atoms with E-state index in [9.17, 15) is 9.59 Å². The van der Waals surface area contributed by atoms with Crippen molar-refractivity contribution < 1.29 is 19.4 Å². The number of aromatic nitrogens is 1. The van der Waals surface area contributed by atoms with Gasteiger partial charge in [-0.3, -0.25) is 4.79 Å². The number of carboxylic acid groups (broad SMARTS) is 1. The van der Waals surface area contributed by atoms with Gasteiger partial charge in [0.2, 0.25) is 0 Å². The Morgan fingerprint density at radius 3 is 2.61 bits per heavy atom. The summed E-state index contributed by atoms with van der Waals surface area (Å²) >= 11 is 6.03. The van der Waals surface area contributed by atoms with E-state index in [0.717, 1.165) is 17.0 Å². The number of hydrogen-bond acceptors (Lipinski definition) is 3. The lowest BCUT2D eigenvalue weighted by Crippen LogP contribution is -2.26. The van der Waals surface area contributed by atoms with E-state index in [0.29, 0.717) is 10.7 Å². The number of nitrogens with zero attached hydrogens (tertiary/aromatic N) is 1. The molecule has 0 spiro atoms. The van der Waals surface area contributed by atoms with Gasteiger partial charge in [0.05, 0.1) is 5.52 Å². The van der Waals surface area contributed by atoms with Gasteiger partial charge in [0.25, 0.3) is 0 Å². The lowest BCUT2D eigenvalue weighted by molar-refractivity contribution is -0.155. The van der Waals surface area contributed by atoms with E-state index in [1.165, 1.54) is 6.08 Å². The van der Waals surface area contributed by atoms with Crippen molar-refractivity contribution in [3.63, 3.8) is 0 Å². The van der Waals surface area contributed by atoms with Gasteiger partial charge in [-0.15, -0.1) is 0 Å². The third-order valence-electron chi connectivity index (χ3n) is 3.00. The molecule has 1 aromatic carbocycles. The number of rotatable bonds is 4. The molecule has 122 valence electrons. The second-order valence-electron chi connectivity index (χ2n) is 6.12. The SMILES string of the molecule is CC(C)(C)OC(=O)Cn1c(C=CC(=O)O)cc2ccc(Cl)cc21. The standard InChI is InChI=1S/C17H18ClNO4/c1-17(2,3)23-16(22)10-19-13(6-7-15(20)21)8-11-4-5-12(18)9-14(11)19/h4-9H,10H2,1-3H3,(H,20,21). The summed E-state index contributed by atoms with van der Waals surface area (Å²) in [6.07, 6.45) is 2.47. The average Bonchev–Trinajstić information content (AvgIpc) is 2.72. The van der Waals surface area contributed by atoms with Crippen LogP contribution in [0.25, 0.3) is 17.0 Å². The number of carboxylic acids is 1. The molecule has 1 N–H and O–H groups in total. The maximum atomic E-state index is 12.1. The summed E-state index contributed by atoms with van der Waals surface area (Å²) in [6, 6.07) is 7.10. The summed E-state index contributed by atoms with van der Waals surface area (Å²) in [7, 11) is 0. The fraction of sp³-hybridized carbons (Fsp3) is 0.294. The summed E-state index contributed by atoms with van der Waals surface area (Å²) in [6.45, 7) is 5.35. The van der Waals surface area contributed by atoms with Crippen molar-refractivity contribution in [2.45, 2.75) is 32.9 Å². The molecule has 6 heteroatoms. The topological polar surface area (TPSA) is 68.5 Å². The van der Waals surface area contributed by atoms with Gasteiger partial charge in [-0.05, 0) is 45.0 Å². The smallest absolute Gasteiger partial charge is 0.328 e. The number of ether oxygens (including phenoxy) is 1. The van der Waals surface area contributed by atoms with Gasteiger partial charge in [-0.2, -0.15) is 0 Å². The monoisotopic (exact) mass is 335 g/mol. The molecule has 0 aliphatic carbocycles. The first-order valence-electron chi connectivity index (χ1n) is 7.07. The number of aliphatic carboxylic acids is 1. The molecule has 0 saturated carbocycles. The molecule has 0 atom stereocenters. The molecular weight excluding hydrogens is 318 g/mol. The van der Waals surface area contributed by atoms with Gasteiger partial charge < -0.3 is 14.4 Å². The zero-order chi connectivity index (χ0) is 17.2. The number of esters is 1. The highest BCUT2D eigenvalue weighted by atomic mass is 35.5. The van der Waals surface area contributed by atoms with E-state index in [-0.39, 0.29) is 6.54 Å². The van der Waals surface area contributed by atoms with Crippen LogP contribution in [0, 0.1) is 0 Å². The first kappa shape index (κ1) is 17.1. The Bertz CT molecular complexity index is 784. The predicted molar refractivity (Wildman–Crippen MR) is 89.5 cm³/mol. The third-order valence-corrected chi connectivity index (χ3v) is 3.24. The predicted octanol–water partition coefficient (Wildman–Crippen LogP) is 3.73. The highest BCUT2D eigenvalue weighted by molar-refractivity contribution is 6.31. The first-order valence-corrected chi connectivity index (χ1v) is 7.45. The van der Waals surface area contributed by atoms with Gasteiger partial charge in [0.15, 0.2) is 0 Å². The third kappa shape index (κ3) is 4.60. The highest BCUT2D eigenvalue weighted by Crippen LogP contribution is 2.25. The molecule has 2 rings (SSSR count). The lowest BCUT2D eigenvalue weighted by atomic mass is 10.2. The van der Waals surface area contributed by atoms with Gasteiger partial charge in [-0.25, -0.2) is 4.79 Å². The van der Waals surface area contributed by atoms with Gasteiger partial charge in [0, 0.05) is 22.2 Å². The summed E-state index contributed by atoms with van der Waals surface area (Å²) in [5.41, 5.74) is 0.748. The summed E-state index contributed by atoms with van der Waals surface area (Å²) in [5.74, 6) is -1.46. The quantitative estimate of drug-likeness (QED) is 0.682. The van der Waals surface area contributed by atoms with Crippen molar-refractivity contribution in [1.82, 2.24) is 4.57 Å². The van der Waals surface area contributed by atoms with Crippen LogP contribution in [0.4, 0.5) is 0 Å². The van der Waals surface area contributed by atoms with Crippen LogP contribution in [0.2, 0.25) is 5.02 Å². The molecule has 0 aliphatic heterocycles. The zero-order valence-corrected chi connectivity index (χ0v) is 13.9. The lowest BCUT2D eigenvalue weighted by Gasteiger charge is -2.20. The Morgan fingerprint density at radius 2 is 2.00 bits per heavy atom. The van der Waals surface area contributed by atoms with Crippen LogP contribution in [0.1, 0.15) is 26.5 Å². The minimum absolute atomic E-state index is 0.0274. The van der Waals surface area contributed by atoms with Gasteiger partial charge in [-0.1, -0.05) is 17.7 Å².